The van der Waals surface area contributed by atoms with Crippen LogP contribution in [0, 0.1) is 11.8 Å². The number of carbonyl (C=O) groups excluding carboxylic acids is 3. The number of aliphatic hydroxyl groups excluding tert-OH is 2. The topological polar surface area (TPSA) is 186 Å². The largest absolute Gasteiger partial charge is 0.508 e. The predicted octanol–water partition coefficient (Wildman–Crippen LogP) is 4.88. The number of halogens is 1. The minimum Gasteiger partial charge on any atom is -0.508 e. The van der Waals surface area contributed by atoms with Gasteiger partial charge in [-0.05, 0) is 63.9 Å². The Bertz CT molecular complexity index is 1800. The maximum absolute atomic E-state index is 14.4. The number of phenolic OH excluding ortho intramolecular Hbond substituents is 1. The summed E-state index contributed by atoms with van der Waals surface area (Å²) in [5, 5.41) is 50.1. The van der Waals surface area contributed by atoms with Crippen LogP contribution >= 0.6 is 30.2 Å². The van der Waals surface area contributed by atoms with Gasteiger partial charge in [-0.1, -0.05) is 30.3 Å². The van der Waals surface area contributed by atoms with Crippen molar-refractivity contribution < 1.29 is 48.4 Å². The van der Waals surface area contributed by atoms with Gasteiger partial charge in [-0.25, -0.2) is 0 Å². The van der Waals surface area contributed by atoms with Crippen LogP contribution in [0.25, 0.3) is 5.76 Å². The summed E-state index contributed by atoms with van der Waals surface area (Å²) in [5.41, 5.74) is -2.04. The first-order valence-corrected chi connectivity index (χ1v) is 18.5. The van der Waals surface area contributed by atoms with Crippen molar-refractivity contribution in [2.45, 2.75) is 44.1 Å². The van der Waals surface area contributed by atoms with E-state index in [4.69, 9.17) is 9.05 Å². The monoisotopic (exact) mass is 809 g/mol. The average molecular weight is 810 g/mol. The molecule has 0 aromatic heterocycles. The molecule has 264 valence electrons. The highest BCUT2D eigenvalue weighted by Gasteiger charge is 2.64. The van der Waals surface area contributed by atoms with Crippen LogP contribution in [0.2, 0.25) is 0 Å². The Morgan fingerprint density at radius 3 is 2.22 bits per heavy atom. The van der Waals surface area contributed by atoms with Crippen LogP contribution in [0.3, 0.4) is 0 Å². The molecule has 0 amide bonds. The molecule has 0 saturated heterocycles. The van der Waals surface area contributed by atoms with E-state index in [-0.39, 0.29) is 42.9 Å². The quantitative estimate of drug-likeness (QED) is 0.0681. The zero-order valence-electron chi connectivity index (χ0n) is 28.1. The van der Waals surface area contributed by atoms with Crippen molar-refractivity contribution in [2.75, 3.05) is 51.6 Å². The number of hydrogen-bond donors (Lipinski definition) is 5. The number of benzene rings is 2. The Hall–Kier alpha value is -3.27. The van der Waals surface area contributed by atoms with Crippen LogP contribution in [0.5, 0.6) is 5.75 Å². The minimum atomic E-state index is -3.91. The van der Waals surface area contributed by atoms with Crippen LogP contribution in [-0.2, 0) is 34.4 Å². The molecule has 3 aliphatic carbocycles. The van der Waals surface area contributed by atoms with E-state index in [0.29, 0.717) is 16.8 Å². The van der Waals surface area contributed by atoms with E-state index in [1.165, 1.54) is 27.5 Å². The average Bonchev–Trinajstić information content (AvgIpc) is 3.02. The number of fused-ring (bicyclic) bond motifs is 3. The molecule has 5 N–H and O–H groups in total. The van der Waals surface area contributed by atoms with Gasteiger partial charge in [0.05, 0.1) is 30.5 Å². The second kappa shape index (κ2) is 13.8. The zero-order chi connectivity index (χ0) is 36.2. The number of aromatic hydroxyl groups is 1. The SMILES string of the molecule is CCOP(=O)(OCC)C(Nc1cc(N(C)C)c2c(c1O)C(O)=C1C(=O)[C@]3(O)C(O)=C(C(=O)I)C(=O)[C@@H](N(C)C)[C@@H]3C[C@@H]1C2)c1ccccc1. The molecule has 1 fully saturated rings. The van der Waals surface area contributed by atoms with Crippen molar-refractivity contribution in [3.63, 3.8) is 0 Å². The van der Waals surface area contributed by atoms with Gasteiger partial charge < -0.3 is 39.7 Å². The zero-order valence-corrected chi connectivity index (χ0v) is 31.1. The lowest BCUT2D eigenvalue weighted by Gasteiger charge is -2.50. The molecule has 49 heavy (non-hydrogen) atoms. The van der Waals surface area contributed by atoms with Gasteiger partial charge in [-0.15, -0.1) is 0 Å². The number of aliphatic hydroxyl groups is 3. The molecule has 0 aliphatic heterocycles. The number of nitrogens with zero attached hydrogens (tertiary/aromatic N) is 2. The number of anilines is 2. The van der Waals surface area contributed by atoms with Gasteiger partial charge in [0.1, 0.15) is 22.8 Å². The highest BCUT2D eigenvalue weighted by Crippen LogP contribution is 2.62. The number of hydrogen-bond acceptors (Lipinski definition) is 13. The van der Waals surface area contributed by atoms with Crippen molar-refractivity contribution in [1.82, 2.24) is 4.90 Å². The van der Waals surface area contributed by atoms with Crippen LogP contribution in [0.4, 0.5) is 11.4 Å². The number of likely N-dealkylation sites (N-methyl/N-ethyl adjacent to an activating group) is 1. The van der Waals surface area contributed by atoms with Crippen LogP contribution in [-0.4, -0.2) is 93.7 Å². The third-order valence-corrected chi connectivity index (χ3v) is 12.3. The van der Waals surface area contributed by atoms with E-state index >= 15 is 0 Å². The van der Waals surface area contributed by atoms with Gasteiger partial charge >= 0.3 is 7.60 Å². The van der Waals surface area contributed by atoms with E-state index in [2.05, 4.69) is 5.32 Å². The third kappa shape index (κ3) is 5.99. The lowest BCUT2D eigenvalue weighted by molar-refractivity contribution is -0.153. The summed E-state index contributed by atoms with van der Waals surface area (Å²) in [6, 6.07) is 9.31. The fourth-order valence-corrected chi connectivity index (χ4v) is 9.87. The summed E-state index contributed by atoms with van der Waals surface area (Å²) in [4.78, 5) is 43.6. The van der Waals surface area contributed by atoms with Gasteiger partial charge in [0, 0.05) is 53.9 Å². The Morgan fingerprint density at radius 2 is 1.69 bits per heavy atom. The Balaban J connectivity index is 1.72. The molecular weight excluding hydrogens is 768 g/mol. The normalized spacial score (nSPS) is 24.4. The molecule has 2 aromatic rings. The van der Waals surface area contributed by atoms with Crippen molar-refractivity contribution in [1.29, 1.82) is 0 Å². The predicted molar refractivity (Wildman–Crippen MR) is 192 cm³/mol. The highest BCUT2D eigenvalue weighted by atomic mass is 127. The number of ketones is 2. The number of Topliss-reactive ketones (excluding diaryl/α,β-unsaturated/α-hetero) is 2. The maximum Gasteiger partial charge on any atom is 0.357 e. The first kappa shape index (κ1) is 37.0. The van der Waals surface area contributed by atoms with E-state index in [1.54, 1.807) is 83.3 Å². The second-order valence-corrected chi connectivity index (χ2v) is 15.8. The Kier molecular flexibility index (Phi) is 10.4. The number of phenols is 1. The number of nitrogens with one attached hydrogen (secondary N) is 1. The molecule has 5 rings (SSSR count). The summed E-state index contributed by atoms with van der Waals surface area (Å²) >= 11 is 1.33. The smallest absolute Gasteiger partial charge is 0.357 e. The lowest BCUT2D eigenvalue weighted by atomic mass is 9.57. The molecular formula is C34H41IN3O10P. The summed E-state index contributed by atoms with van der Waals surface area (Å²) in [6.45, 7) is 3.52. The Labute approximate surface area is 298 Å². The molecule has 1 saturated carbocycles. The second-order valence-electron chi connectivity index (χ2n) is 12.7. The third-order valence-electron chi connectivity index (χ3n) is 9.47. The van der Waals surface area contributed by atoms with Crippen molar-refractivity contribution in [3.8, 4) is 5.75 Å². The van der Waals surface area contributed by atoms with Gasteiger partial charge in [-0.2, -0.15) is 0 Å². The summed E-state index contributed by atoms with van der Waals surface area (Å²) in [6.07, 6.45) is 0.127. The van der Waals surface area contributed by atoms with E-state index in [1.807, 2.05) is 0 Å². The molecule has 1 unspecified atom stereocenters. The molecule has 0 heterocycles. The first-order chi connectivity index (χ1) is 23.0. The molecule has 13 nitrogen and oxygen atoms in total. The van der Waals surface area contributed by atoms with Gasteiger partial charge in [0.25, 0.3) is 0 Å². The summed E-state index contributed by atoms with van der Waals surface area (Å²) in [7, 11) is 2.79. The van der Waals surface area contributed by atoms with Crippen molar-refractivity contribution >= 4 is 62.7 Å². The minimum absolute atomic E-state index is 0.00194. The van der Waals surface area contributed by atoms with Gasteiger partial charge in [-0.3, -0.25) is 23.8 Å². The summed E-state index contributed by atoms with van der Waals surface area (Å²) in [5.74, 6) is -6.83. The van der Waals surface area contributed by atoms with E-state index < -0.39 is 75.1 Å². The molecule has 0 bridgehead atoms. The fraction of sp³-hybridized carbons (Fsp3) is 0.441. The van der Waals surface area contributed by atoms with Crippen LogP contribution in [0.1, 0.15) is 42.7 Å². The maximum atomic E-state index is 14.4. The number of rotatable bonds is 11. The van der Waals surface area contributed by atoms with Crippen molar-refractivity contribution in [3.05, 3.63) is 70.0 Å². The molecule has 2 aromatic carbocycles. The number of carbonyl (C=O) groups is 3. The van der Waals surface area contributed by atoms with E-state index in [0.717, 1.165) is 0 Å². The lowest BCUT2D eigenvalue weighted by Crippen LogP contribution is -2.65. The fourth-order valence-electron chi connectivity index (χ4n) is 7.43. The molecule has 15 heteroatoms. The molecule has 0 radical (unpaired) electrons. The van der Waals surface area contributed by atoms with E-state index in [9.17, 15) is 39.4 Å². The van der Waals surface area contributed by atoms with Crippen molar-refractivity contribution in [2.24, 2.45) is 11.8 Å². The molecule has 3 aliphatic rings. The van der Waals surface area contributed by atoms with Gasteiger partial charge in [0.2, 0.25) is 9.57 Å². The Morgan fingerprint density at radius 1 is 1.08 bits per heavy atom. The standard InChI is InChI=1S/C34H41IN3O10P/c1-7-47-49(46,48-8-2)33(17-12-10-9-11-13-17)36-21-16-22(37(3)4)19-14-18-15-20-26(38(5)6)29(41)25(32(35)44)31(43)34(20,45)30(42)23(18)28(40)24(19)27(21)39/h9-13,16,18,20,26,33,36,39-40,43,45H,7-8,14-15H2,1-6H3/t18-,20-,26-,33?,34-/m0/s1. The van der Waals surface area contributed by atoms with Crippen LogP contribution in [0.15, 0.2) is 53.3 Å². The molecule has 0 spiro atoms. The molecule has 5 atom stereocenters. The van der Waals surface area contributed by atoms with Crippen LogP contribution < -0.4 is 10.2 Å². The summed E-state index contributed by atoms with van der Waals surface area (Å²) < 4.78 is 24.7. The van der Waals surface area contributed by atoms with Gasteiger partial charge in [0.15, 0.2) is 17.2 Å². The highest BCUT2D eigenvalue weighted by molar-refractivity contribution is 14.1. The first-order valence-electron chi connectivity index (χ1n) is 15.9.